The van der Waals surface area contributed by atoms with Gasteiger partial charge < -0.3 is 14.8 Å². The third-order valence-corrected chi connectivity index (χ3v) is 3.23. The lowest BCUT2D eigenvalue weighted by molar-refractivity contribution is -0.118. The molecule has 2 aromatic rings. The van der Waals surface area contributed by atoms with Gasteiger partial charge in [-0.05, 0) is 40.2 Å². The molecule has 0 bridgehead atoms. The predicted molar refractivity (Wildman–Crippen MR) is 81.3 cm³/mol. The third kappa shape index (κ3) is 3.74. The van der Waals surface area contributed by atoms with Gasteiger partial charge in [0.15, 0.2) is 6.61 Å². The number of amides is 1. The van der Waals surface area contributed by atoms with Crippen LogP contribution in [-0.2, 0) is 4.79 Å². The molecule has 0 aliphatic heterocycles. The Kier molecular flexibility index (Phi) is 5.01. The van der Waals surface area contributed by atoms with Gasteiger partial charge in [0.1, 0.15) is 11.5 Å². The lowest BCUT2D eigenvalue weighted by Crippen LogP contribution is -2.20. The summed E-state index contributed by atoms with van der Waals surface area (Å²) in [4.78, 5) is 11.9. The lowest BCUT2D eigenvalue weighted by Gasteiger charge is -2.11. The monoisotopic (exact) mass is 335 g/mol. The summed E-state index contributed by atoms with van der Waals surface area (Å²) in [5.74, 6) is 0.995. The summed E-state index contributed by atoms with van der Waals surface area (Å²) in [6.07, 6.45) is 0. The standard InChI is InChI=1S/C15H14BrNO3/c1-19-14-9-5-3-7-12(14)17-15(18)10-20-13-8-4-2-6-11(13)16/h2-9H,10H2,1H3,(H,17,18). The number of nitrogens with one attached hydrogen (secondary N) is 1. The summed E-state index contributed by atoms with van der Waals surface area (Å²) >= 11 is 3.36. The maximum absolute atomic E-state index is 11.9. The van der Waals surface area contributed by atoms with Crippen LogP contribution in [0.1, 0.15) is 0 Å². The number of carbonyl (C=O) groups excluding carboxylic acids is 1. The molecule has 2 rings (SSSR count). The number of rotatable bonds is 5. The van der Waals surface area contributed by atoms with Gasteiger partial charge in [-0.2, -0.15) is 0 Å². The minimum atomic E-state index is -0.245. The van der Waals surface area contributed by atoms with Crippen molar-refractivity contribution in [3.8, 4) is 11.5 Å². The fourth-order valence-corrected chi connectivity index (χ4v) is 2.04. The van der Waals surface area contributed by atoms with E-state index in [4.69, 9.17) is 9.47 Å². The minimum Gasteiger partial charge on any atom is -0.495 e. The summed E-state index contributed by atoms with van der Waals surface area (Å²) < 4.78 is 11.4. The number of methoxy groups -OCH3 is 1. The third-order valence-electron chi connectivity index (χ3n) is 2.58. The van der Waals surface area contributed by atoms with Gasteiger partial charge in [0.05, 0.1) is 17.3 Å². The normalized spacial score (nSPS) is 9.90. The van der Waals surface area contributed by atoms with Crippen LogP contribution in [0.25, 0.3) is 0 Å². The summed E-state index contributed by atoms with van der Waals surface area (Å²) in [5, 5.41) is 2.75. The number of anilines is 1. The molecule has 0 radical (unpaired) electrons. The molecule has 0 fully saturated rings. The summed E-state index contributed by atoms with van der Waals surface area (Å²) in [7, 11) is 1.56. The number of hydrogen-bond acceptors (Lipinski definition) is 3. The minimum absolute atomic E-state index is 0.0688. The molecule has 0 saturated heterocycles. The maximum Gasteiger partial charge on any atom is 0.262 e. The Morgan fingerprint density at radius 2 is 1.75 bits per heavy atom. The van der Waals surface area contributed by atoms with Crippen LogP contribution >= 0.6 is 15.9 Å². The number of para-hydroxylation sites is 3. The zero-order valence-electron chi connectivity index (χ0n) is 10.9. The molecule has 0 unspecified atom stereocenters. The van der Waals surface area contributed by atoms with Crippen molar-refractivity contribution >= 4 is 27.5 Å². The fraction of sp³-hybridized carbons (Fsp3) is 0.133. The Morgan fingerprint density at radius 3 is 2.45 bits per heavy atom. The van der Waals surface area contributed by atoms with E-state index >= 15 is 0 Å². The highest BCUT2D eigenvalue weighted by Gasteiger charge is 2.08. The number of halogens is 1. The van der Waals surface area contributed by atoms with E-state index in [0.29, 0.717) is 17.2 Å². The molecule has 1 N–H and O–H groups in total. The van der Waals surface area contributed by atoms with Gasteiger partial charge in [-0.15, -0.1) is 0 Å². The van der Waals surface area contributed by atoms with E-state index in [2.05, 4.69) is 21.2 Å². The molecule has 104 valence electrons. The second-order valence-corrected chi connectivity index (χ2v) is 4.82. The van der Waals surface area contributed by atoms with Crippen LogP contribution in [0.4, 0.5) is 5.69 Å². The van der Waals surface area contributed by atoms with E-state index < -0.39 is 0 Å². The second kappa shape index (κ2) is 6.96. The smallest absolute Gasteiger partial charge is 0.262 e. The first-order chi connectivity index (χ1) is 9.70. The second-order valence-electron chi connectivity index (χ2n) is 3.97. The first kappa shape index (κ1) is 14.4. The van der Waals surface area contributed by atoms with Gasteiger partial charge in [0, 0.05) is 0 Å². The summed E-state index contributed by atoms with van der Waals surface area (Å²) in [5.41, 5.74) is 0.621. The largest absolute Gasteiger partial charge is 0.495 e. The van der Waals surface area contributed by atoms with Crippen LogP contribution in [0, 0.1) is 0 Å². The molecule has 0 aliphatic rings. The van der Waals surface area contributed by atoms with Crippen LogP contribution in [0.3, 0.4) is 0 Å². The van der Waals surface area contributed by atoms with Crippen molar-refractivity contribution in [2.45, 2.75) is 0 Å². The average molecular weight is 336 g/mol. The molecule has 0 heterocycles. The molecule has 0 saturated carbocycles. The van der Waals surface area contributed by atoms with Gasteiger partial charge >= 0.3 is 0 Å². The van der Waals surface area contributed by atoms with Crippen molar-refractivity contribution in [3.63, 3.8) is 0 Å². The van der Waals surface area contributed by atoms with Crippen molar-refractivity contribution in [2.24, 2.45) is 0 Å². The van der Waals surface area contributed by atoms with Crippen LogP contribution in [-0.4, -0.2) is 19.6 Å². The highest BCUT2D eigenvalue weighted by molar-refractivity contribution is 9.10. The highest BCUT2D eigenvalue weighted by Crippen LogP contribution is 2.25. The Bertz CT molecular complexity index is 601. The SMILES string of the molecule is COc1ccccc1NC(=O)COc1ccccc1Br. The van der Waals surface area contributed by atoms with Crippen LogP contribution < -0.4 is 14.8 Å². The summed E-state index contributed by atoms with van der Waals surface area (Å²) in [6.45, 7) is -0.0688. The molecule has 0 aliphatic carbocycles. The van der Waals surface area contributed by atoms with Gasteiger partial charge in [-0.25, -0.2) is 0 Å². The highest BCUT2D eigenvalue weighted by atomic mass is 79.9. The molecule has 5 heteroatoms. The van der Waals surface area contributed by atoms with E-state index in [1.807, 2.05) is 30.3 Å². The van der Waals surface area contributed by atoms with Crippen LogP contribution in [0.5, 0.6) is 11.5 Å². The van der Waals surface area contributed by atoms with Crippen molar-refractivity contribution in [2.75, 3.05) is 19.0 Å². The topological polar surface area (TPSA) is 47.6 Å². The van der Waals surface area contributed by atoms with Crippen LogP contribution in [0.2, 0.25) is 0 Å². The molecule has 2 aromatic carbocycles. The van der Waals surface area contributed by atoms with Crippen molar-refractivity contribution in [1.29, 1.82) is 0 Å². The van der Waals surface area contributed by atoms with Gasteiger partial charge in [0.2, 0.25) is 0 Å². The molecular formula is C15H14BrNO3. The van der Waals surface area contributed by atoms with Crippen LogP contribution in [0.15, 0.2) is 53.0 Å². The Balaban J connectivity index is 1.95. The molecule has 0 spiro atoms. The zero-order chi connectivity index (χ0) is 14.4. The van der Waals surface area contributed by atoms with Crippen molar-refractivity contribution < 1.29 is 14.3 Å². The molecule has 4 nitrogen and oxygen atoms in total. The molecule has 20 heavy (non-hydrogen) atoms. The molecule has 1 amide bonds. The quantitative estimate of drug-likeness (QED) is 0.909. The van der Waals surface area contributed by atoms with E-state index in [0.717, 1.165) is 4.47 Å². The summed E-state index contributed by atoms with van der Waals surface area (Å²) in [6, 6.07) is 14.6. The maximum atomic E-state index is 11.9. The van der Waals surface area contributed by atoms with Gasteiger partial charge in [-0.3, -0.25) is 4.79 Å². The number of hydrogen-bond donors (Lipinski definition) is 1. The number of benzene rings is 2. The zero-order valence-corrected chi connectivity index (χ0v) is 12.5. The molecule has 0 atom stereocenters. The number of ether oxygens (including phenoxy) is 2. The lowest BCUT2D eigenvalue weighted by atomic mass is 10.3. The Morgan fingerprint density at radius 1 is 1.10 bits per heavy atom. The predicted octanol–water partition coefficient (Wildman–Crippen LogP) is 3.48. The fourth-order valence-electron chi connectivity index (χ4n) is 1.64. The van der Waals surface area contributed by atoms with Gasteiger partial charge in [-0.1, -0.05) is 24.3 Å². The first-order valence-electron chi connectivity index (χ1n) is 6.01. The Labute approximate surface area is 125 Å². The molecular weight excluding hydrogens is 322 g/mol. The van der Waals surface area contributed by atoms with Crippen molar-refractivity contribution in [3.05, 3.63) is 53.0 Å². The van der Waals surface area contributed by atoms with E-state index in [9.17, 15) is 4.79 Å². The van der Waals surface area contributed by atoms with E-state index in [1.165, 1.54) is 0 Å². The number of carbonyl (C=O) groups is 1. The molecule has 0 aromatic heterocycles. The van der Waals surface area contributed by atoms with E-state index in [1.54, 1.807) is 25.3 Å². The Hall–Kier alpha value is -2.01. The van der Waals surface area contributed by atoms with Gasteiger partial charge in [0.25, 0.3) is 5.91 Å². The first-order valence-corrected chi connectivity index (χ1v) is 6.80. The van der Waals surface area contributed by atoms with Crippen molar-refractivity contribution in [1.82, 2.24) is 0 Å². The average Bonchev–Trinajstić information content (AvgIpc) is 2.47. The van der Waals surface area contributed by atoms with E-state index in [-0.39, 0.29) is 12.5 Å².